The Kier molecular flexibility index (Phi) is 4.37. The Morgan fingerprint density at radius 3 is 2.62 bits per heavy atom. The summed E-state index contributed by atoms with van der Waals surface area (Å²) in [6.45, 7) is 3.27. The van der Waals surface area contributed by atoms with E-state index in [-0.39, 0.29) is 0 Å². The second-order valence-corrected chi connectivity index (χ2v) is 7.35. The summed E-state index contributed by atoms with van der Waals surface area (Å²) in [5.74, 6) is -0.876. The van der Waals surface area contributed by atoms with Crippen LogP contribution >= 0.6 is 0 Å². The fraction of sp³-hybridized carbons (Fsp3) is 0.227. The van der Waals surface area contributed by atoms with Crippen LogP contribution in [0.4, 0.5) is 0 Å². The van der Waals surface area contributed by atoms with Crippen LogP contribution in [0.25, 0.3) is 16.4 Å². The van der Waals surface area contributed by atoms with Gasteiger partial charge in [0.25, 0.3) is 11.7 Å². The minimum Gasteiger partial charge on any atom is -0.360 e. The highest BCUT2D eigenvalue weighted by Gasteiger charge is 2.28. The Balaban J connectivity index is 1.23. The zero-order valence-corrected chi connectivity index (χ0v) is 15.9. The first-order chi connectivity index (χ1) is 14.2. The van der Waals surface area contributed by atoms with E-state index < -0.39 is 11.7 Å². The molecule has 0 atom stereocenters. The van der Waals surface area contributed by atoms with E-state index in [0.717, 1.165) is 41.7 Å². The van der Waals surface area contributed by atoms with Crippen LogP contribution in [-0.2, 0) is 11.3 Å². The van der Waals surface area contributed by atoms with Gasteiger partial charge in [-0.25, -0.2) is 4.52 Å². The molecule has 5 rings (SSSR count). The van der Waals surface area contributed by atoms with Crippen molar-refractivity contribution in [2.24, 2.45) is 0 Å². The van der Waals surface area contributed by atoms with E-state index >= 15 is 0 Å². The molecule has 0 saturated carbocycles. The number of H-pyrrole nitrogens is 1. The number of aromatic nitrogens is 3. The van der Waals surface area contributed by atoms with Crippen molar-refractivity contribution in [1.82, 2.24) is 24.4 Å². The van der Waals surface area contributed by atoms with Crippen molar-refractivity contribution >= 4 is 28.1 Å². The molecule has 0 spiro atoms. The van der Waals surface area contributed by atoms with Gasteiger partial charge in [-0.2, -0.15) is 5.10 Å². The molecule has 0 unspecified atom stereocenters. The third-order valence-electron chi connectivity index (χ3n) is 5.49. The molecule has 29 heavy (non-hydrogen) atoms. The zero-order valence-electron chi connectivity index (χ0n) is 15.9. The number of nitrogens with zero attached hydrogens (tertiary/aromatic N) is 4. The summed E-state index contributed by atoms with van der Waals surface area (Å²) in [4.78, 5) is 32.5. The number of ketones is 1. The van der Waals surface area contributed by atoms with E-state index in [0.29, 0.717) is 18.7 Å². The molecule has 4 heterocycles. The highest BCUT2D eigenvalue weighted by molar-refractivity contribution is 6.44. The second kappa shape index (κ2) is 7.18. The molecule has 0 radical (unpaired) electrons. The molecule has 4 aromatic rings. The highest BCUT2D eigenvalue weighted by atomic mass is 16.2. The summed E-state index contributed by atoms with van der Waals surface area (Å²) in [5, 5.41) is 5.38. The largest absolute Gasteiger partial charge is 0.360 e. The first-order valence-corrected chi connectivity index (χ1v) is 9.74. The lowest BCUT2D eigenvalue weighted by Gasteiger charge is -2.33. The number of carbonyl (C=O) groups excluding carboxylic acids is 2. The van der Waals surface area contributed by atoms with Crippen molar-refractivity contribution in [3.63, 3.8) is 0 Å². The number of hydrogen-bond acceptors (Lipinski definition) is 4. The Labute approximate surface area is 167 Å². The average molecular weight is 387 g/mol. The topological polar surface area (TPSA) is 73.7 Å². The van der Waals surface area contributed by atoms with Crippen LogP contribution in [0.15, 0.2) is 60.9 Å². The van der Waals surface area contributed by atoms with Gasteiger partial charge in [-0.1, -0.05) is 24.3 Å². The zero-order chi connectivity index (χ0) is 19.8. The third kappa shape index (κ3) is 3.30. The number of hydrogen-bond donors (Lipinski definition) is 1. The molecule has 7 heteroatoms. The Morgan fingerprint density at radius 2 is 1.79 bits per heavy atom. The van der Waals surface area contributed by atoms with Crippen molar-refractivity contribution in [1.29, 1.82) is 0 Å². The van der Waals surface area contributed by atoms with Gasteiger partial charge in [-0.15, -0.1) is 0 Å². The molecule has 1 aromatic carbocycles. The predicted octanol–water partition coefficient (Wildman–Crippen LogP) is 2.34. The van der Waals surface area contributed by atoms with Gasteiger partial charge in [-0.05, 0) is 24.3 Å². The number of nitrogens with one attached hydrogen (secondary N) is 1. The van der Waals surface area contributed by atoms with Gasteiger partial charge in [0.1, 0.15) is 0 Å². The highest BCUT2D eigenvalue weighted by Crippen LogP contribution is 2.19. The number of aromatic amines is 1. The van der Waals surface area contributed by atoms with Crippen LogP contribution < -0.4 is 0 Å². The Hall–Kier alpha value is -3.45. The standard InChI is InChI=1S/C22H21N5O2/c28-21(19-14-23-20-7-2-1-6-18(19)20)22(29)26-11-9-25(10-12-26)15-16-13-17-5-3-4-8-27(17)24-16/h1-8,13-14,23H,9-12,15H2. The van der Waals surface area contributed by atoms with E-state index in [1.54, 1.807) is 11.1 Å². The fourth-order valence-electron chi connectivity index (χ4n) is 3.92. The maximum absolute atomic E-state index is 12.8. The van der Waals surface area contributed by atoms with Crippen LogP contribution in [-0.4, -0.2) is 62.3 Å². The molecule has 0 aliphatic carbocycles. The van der Waals surface area contributed by atoms with Gasteiger partial charge in [0, 0.05) is 56.0 Å². The summed E-state index contributed by atoms with van der Waals surface area (Å²) in [6.07, 6.45) is 3.57. The second-order valence-electron chi connectivity index (χ2n) is 7.35. The van der Waals surface area contributed by atoms with Crippen LogP contribution in [0, 0.1) is 0 Å². The summed E-state index contributed by atoms with van der Waals surface area (Å²) >= 11 is 0. The van der Waals surface area contributed by atoms with Gasteiger partial charge in [0.15, 0.2) is 0 Å². The molecule has 1 aliphatic heterocycles. The number of benzene rings is 1. The van der Waals surface area contributed by atoms with Gasteiger partial charge in [-0.3, -0.25) is 14.5 Å². The monoisotopic (exact) mass is 387 g/mol. The predicted molar refractivity (Wildman–Crippen MR) is 110 cm³/mol. The normalized spacial score (nSPS) is 15.2. The Morgan fingerprint density at radius 1 is 1.00 bits per heavy atom. The van der Waals surface area contributed by atoms with Crippen LogP contribution in [0.2, 0.25) is 0 Å². The first kappa shape index (κ1) is 17.6. The molecule has 3 aromatic heterocycles. The number of para-hydroxylation sites is 1. The van der Waals surface area contributed by atoms with E-state index in [1.807, 2.05) is 53.2 Å². The van der Waals surface area contributed by atoms with Gasteiger partial charge >= 0.3 is 0 Å². The van der Waals surface area contributed by atoms with Crippen molar-refractivity contribution in [2.45, 2.75) is 6.54 Å². The smallest absolute Gasteiger partial charge is 0.295 e. The molecular formula is C22H21N5O2. The SMILES string of the molecule is O=C(C(=O)N1CCN(Cc2cc3ccccn3n2)CC1)c1c[nH]c2ccccc12. The van der Waals surface area contributed by atoms with Gasteiger partial charge < -0.3 is 9.88 Å². The minimum absolute atomic E-state index is 0.429. The lowest BCUT2D eigenvalue weighted by molar-refractivity contribution is -0.128. The molecular weight excluding hydrogens is 366 g/mol. The van der Waals surface area contributed by atoms with Gasteiger partial charge in [0.05, 0.1) is 16.8 Å². The summed E-state index contributed by atoms with van der Waals surface area (Å²) in [5.41, 5.74) is 3.38. The van der Waals surface area contributed by atoms with Crippen molar-refractivity contribution in [2.75, 3.05) is 26.2 Å². The molecule has 146 valence electrons. The number of carbonyl (C=O) groups is 2. The molecule has 7 nitrogen and oxygen atoms in total. The summed E-state index contributed by atoms with van der Waals surface area (Å²) < 4.78 is 1.87. The summed E-state index contributed by atoms with van der Waals surface area (Å²) in [7, 11) is 0. The molecule has 1 saturated heterocycles. The Bertz CT molecular complexity index is 1170. The van der Waals surface area contributed by atoms with Gasteiger partial charge in [0.2, 0.25) is 0 Å². The fourth-order valence-corrected chi connectivity index (χ4v) is 3.92. The lowest BCUT2D eigenvalue weighted by atomic mass is 10.1. The van der Waals surface area contributed by atoms with Crippen LogP contribution in [0.1, 0.15) is 16.1 Å². The number of rotatable bonds is 4. The quantitative estimate of drug-likeness (QED) is 0.431. The number of piperazine rings is 1. The lowest BCUT2D eigenvalue weighted by Crippen LogP contribution is -2.50. The number of fused-ring (bicyclic) bond motifs is 2. The molecule has 1 N–H and O–H groups in total. The maximum Gasteiger partial charge on any atom is 0.295 e. The van der Waals surface area contributed by atoms with Crippen LogP contribution in [0.5, 0.6) is 0 Å². The molecule has 0 bridgehead atoms. The van der Waals surface area contributed by atoms with E-state index in [9.17, 15) is 9.59 Å². The third-order valence-corrected chi connectivity index (χ3v) is 5.49. The molecule has 1 aliphatic rings. The average Bonchev–Trinajstić information content (AvgIpc) is 3.37. The van der Waals surface area contributed by atoms with E-state index in [2.05, 4.69) is 21.0 Å². The maximum atomic E-state index is 12.8. The summed E-state index contributed by atoms with van der Waals surface area (Å²) in [6, 6.07) is 15.6. The van der Waals surface area contributed by atoms with Crippen molar-refractivity contribution in [3.8, 4) is 0 Å². The number of Topliss-reactive ketones (excluding diaryl/α,β-unsaturated/α-hetero) is 1. The first-order valence-electron chi connectivity index (χ1n) is 9.74. The molecule has 1 amide bonds. The van der Waals surface area contributed by atoms with Crippen molar-refractivity contribution in [3.05, 3.63) is 72.2 Å². The van der Waals surface area contributed by atoms with E-state index in [4.69, 9.17) is 0 Å². The van der Waals surface area contributed by atoms with Crippen LogP contribution in [0.3, 0.4) is 0 Å². The van der Waals surface area contributed by atoms with E-state index in [1.165, 1.54) is 0 Å². The number of amides is 1. The van der Waals surface area contributed by atoms with Crippen molar-refractivity contribution < 1.29 is 9.59 Å². The molecule has 1 fully saturated rings. The minimum atomic E-state index is -0.448. The number of pyridine rings is 1.